The van der Waals surface area contributed by atoms with Crippen LogP contribution in [0.5, 0.6) is 6.01 Å². The van der Waals surface area contributed by atoms with Crippen LogP contribution in [-0.4, -0.2) is 64.6 Å². The highest BCUT2D eigenvalue weighted by molar-refractivity contribution is 6.05. The number of aromatic carboxylic acids is 1. The average molecular weight is 344 g/mol. The zero-order chi connectivity index (χ0) is 18.1. The molecule has 0 bridgehead atoms. The van der Waals surface area contributed by atoms with Crippen LogP contribution in [0.2, 0.25) is 0 Å². The van der Waals surface area contributed by atoms with E-state index in [4.69, 9.17) is 4.74 Å². The third-order valence-electron chi connectivity index (χ3n) is 4.57. The summed E-state index contributed by atoms with van der Waals surface area (Å²) >= 11 is 0. The zero-order valence-corrected chi connectivity index (χ0v) is 14.3. The number of methoxy groups -OCH3 is 1. The van der Waals surface area contributed by atoms with Gasteiger partial charge in [0, 0.05) is 42.4 Å². The van der Waals surface area contributed by atoms with E-state index in [1.807, 2.05) is 13.8 Å². The first-order valence-corrected chi connectivity index (χ1v) is 8.01. The van der Waals surface area contributed by atoms with Crippen LogP contribution >= 0.6 is 0 Å². The Bertz CT molecular complexity index is 814. The molecular weight excluding hydrogens is 324 g/mol. The molecule has 2 atom stereocenters. The number of fused-ring (bicyclic) bond motifs is 1. The van der Waals surface area contributed by atoms with Gasteiger partial charge < -0.3 is 19.6 Å². The van der Waals surface area contributed by atoms with Crippen molar-refractivity contribution in [2.75, 3.05) is 25.1 Å². The summed E-state index contributed by atoms with van der Waals surface area (Å²) in [7, 11) is 1.44. The molecule has 0 saturated carbocycles. The van der Waals surface area contributed by atoms with Crippen LogP contribution in [-0.2, 0) is 4.79 Å². The summed E-state index contributed by atoms with van der Waals surface area (Å²) in [5, 5.41) is 10.1. The Morgan fingerprint density at radius 2 is 2.00 bits per heavy atom. The van der Waals surface area contributed by atoms with Gasteiger partial charge >= 0.3 is 12.0 Å². The molecule has 1 saturated heterocycles. The molecule has 1 N–H and O–H groups in total. The molecule has 1 aliphatic heterocycles. The largest absolute Gasteiger partial charge is 0.478 e. The summed E-state index contributed by atoms with van der Waals surface area (Å²) in [6.07, 6.45) is 2.47. The number of hydrogen-bond donors (Lipinski definition) is 1. The minimum absolute atomic E-state index is 0.0506. The Hall–Kier alpha value is -2.90. The Kier molecular flexibility index (Phi) is 4.43. The van der Waals surface area contributed by atoms with Crippen molar-refractivity contribution in [3.63, 3.8) is 0 Å². The summed E-state index contributed by atoms with van der Waals surface area (Å²) in [5.41, 5.74) is 1.30. The summed E-state index contributed by atoms with van der Waals surface area (Å²) in [6, 6.07) is 3.55. The minimum atomic E-state index is -1.05. The molecule has 2 aromatic rings. The zero-order valence-electron chi connectivity index (χ0n) is 14.3. The van der Waals surface area contributed by atoms with E-state index in [0.29, 0.717) is 24.0 Å². The topological polar surface area (TPSA) is 95.9 Å². The highest BCUT2D eigenvalue weighted by Gasteiger charge is 2.29. The van der Waals surface area contributed by atoms with Crippen molar-refractivity contribution in [1.29, 1.82) is 0 Å². The molecule has 2 unspecified atom stereocenters. The molecule has 0 spiro atoms. The predicted octanol–water partition coefficient (Wildman–Crippen LogP) is 1.39. The smallest absolute Gasteiger partial charge is 0.337 e. The summed E-state index contributed by atoms with van der Waals surface area (Å²) in [5.74, 6) is -1.05. The van der Waals surface area contributed by atoms with Crippen LogP contribution in [0.3, 0.4) is 0 Å². The predicted molar refractivity (Wildman–Crippen MR) is 92.1 cm³/mol. The van der Waals surface area contributed by atoms with E-state index in [9.17, 15) is 14.7 Å². The van der Waals surface area contributed by atoms with Gasteiger partial charge in [-0.25, -0.2) is 9.78 Å². The average Bonchev–Trinajstić information content (AvgIpc) is 2.59. The van der Waals surface area contributed by atoms with Crippen LogP contribution < -0.4 is 9.64 Å². The van der Waals surface area contributed by atoms with Crippen molar-refractivity contribution in [2.24, 2.45) is 0 Å². The van der Waals surface area contributed by atoms with Crippen LogP contribution in [0.25, 0.3) is 10.9 Å². The second kappa shape index (κ2) is 6.54. The molecule has 2 heterocycles. The summed E-state index contributed by atoms with van der Waals surface area (Å²) < 4.78 is 5.03. The first kappa shape index (κ1) is 16.9. The summed E-state index contributed by atoms with van der Waals surface area (Å²) in [4.78, 5) is 35.1. The third kappa shape index (κ3) is 2.95. The van der Waals surface area contributed by atoms with Gasteiger partial charge in [0.25, 0.3) is 0 Å². The lowest BCUT2D eigenvalue weighted by Gasteiger charge is -2.43. The number of piperazine rings is 1. The number of aromatic nitrogens is 2. The van der Waals surface area contributed by atoms with Gasteiger partial charge in [-0.15, -0.1) is 0 Å². The van der Waals surface area contributed by atoms with E-state index in [1.165, 1.54) is 7.11 Å². The highest BCUT2D eigenvalue weighted by atomic mass is 16.5. The molecule has 8 nitrogen and oxygen atoms in total. The number of carbonyl (C=O) groups is 2. The molecule has 1 aromatic carbocycles. The fraction of sp³-hybridized carbons (Fsp3) is 0.412. The Morgan fingerprint density at radius 3 is 2.56 bits per heavy atom. The Balaban J connectivity index is 2.10. The van der Waals surface area contributed by atoms with Crippen molar-refractivity contribution in [1.82, 2.24) is 14.9 Å². The molecule has 8 heteroatoms. The molecule has 25 heavy (non-hydrogen) atoms. The maximum atomic E-state index is 11.5. The molecule has 1 amide bonds. The number of amides is 1. The van der Waals surface area contributed by atoms with E-state index in [2.05, 4.69) is 14.9 Å². The van der Waals surface area contributed by atoms with Crippen molar-refractivity contribution in [3.05, 3.63) is 23.9 Å². The van der Waals surface area contributed by atoms with E-state index >= 15 is 0 Å². The Morgan fingerprint density at radius 1 is 1.32 bits per heavy atom. The molecule has 0 radical (unpaired) electrons. The van der Waals surface area contributed by atoms with Crippen molar-refractivity contribution in [2.45, 2.75) is 25.9 Å². The van der Waals surface area contributed by atoms with E-state index < -0.39 is 5.97 Å². The fourth-order valence-corrected chi connectivity index (χ4v) is 3.38. The second-order valence-electron chi connectivity index (χ2n) is 6.21. The number of carboxylic acids is 1. The SMILES string of the molecule is COc1ncc2c(N3CC(C)N(C=O)C(C)C3)ccc(C(=O)O)c2n1. The first-order chi connectivity index (χ1) is 12.0. The highest BCUT2D eigenvalue weighted by Crippen LogP contribution is 2.31. The van der Waals surface area contributed by atoms with Gasteiger partial charge in [-0.3, -0.25) is 4.79 Å². The molecule has 1 aromatic heterocycles. The normalized spacial score (nSPS) is 20.6. The molecule has 0 aliphatic carbocycles. The van der Waals surface area contributed by atoms with Crippen molar-refractivity contribution in [3.8, 4) is 6.01 Å². The number of nitrogens with zero attached hydrogens (tertiary/aromatic N) is 4. The number of rotatable bonds is 4. The maximum Gasteiger partial charge on any atom is 0.337 e. The van der Waals surface area contributed by atoms with E-state index in [1.54, 1.807) is 23.2 Å². The van der Waals surface area contributed by atoms with Gasteiger partial charge in [-0.05, 0) is 26.0 Å². The van der Waals surface area contributed by atoms with Gasteiger partial charge in [-0.1, -0.05) is 0 Å². The van der Waals surface area contributed by atoms with Gasteiger partial charge in [-0.2, -0.15) is 4.98 Å². The van der Waals surface area contributed by atoms with Crippen LogP contribution in [0.4, 0.5) is 5.69 Å². The van der Waals surface area contributed by atoms with Gasteiger partial charge in [0.2, 0.25) is 6.41 Å². The first-order valence-electron chi connectivity index (χ1n) is 8.01. The Labute approximate surface area is 145 Å². The van der Waals surface area contributed by atoms with Crippen LogP contribution in [0, 0.1) is 0 Å². The fourth-order valence-electron chi connectivity index (χ4n) is 3.38. The standard InChI is InChI=1S/C17H20N4O4/c1-10-7-20(8-11(2)21(10)9-22)14-5-4-12(16(23)24)15-13(14)6-18-17(19-15)25-3/h4-6,9-11H,7-8H2,1-3H3,(H,23,24). The van der Waals surface area contributed by atoms with Crippen molar-refractivity contribution < 1.29 is 19.4 Å². The molecule has 3 rings (SSSR count). The summed E-state index contributed by atoms with van der Waals surface area (Å²) in [6.45, 7) is 5.28. The number of carbonyl (C=O) groups excluding carboxylic acids is 1. The lowest BCUT2D eigenvalue weighted by molar-refractivity contribution is -0.122. The number of carboxylic acid groups (broad SMARTS) is 1. The van der Waals surface area contributed by atoms with Crippen molar-refractivity contribution >= 4 is 29.0 Å². The van der Waals surface area contributed by atoms with E-state index in [0.717, 1.165) is 12.1 Å². The van der Waals surface area contributed by atoms with Gasteiger partial charge in [0.05, 0.1) is 18.2 Å². The second-order valence-corrected chi connectivity index (χ2v) is 6.21. The minimum Gasteiger partial charge on any atom is -0.478 e. The molecular formula is C17H20N4O4. The number of anilines is 1. The number of benzene rings is 1. The third-order valence-corrected chi connectivity index (χ3v) is 4.57. The quantitative estimate of drug-likeness (QED) is 0.837. The lowest BCUT2D eigenvalue weighted by atomic mass is 10.0. The van der Waals surface area contributed by atoms with Gasteiger partial charge in [0.15, 0.2) is 0 Å². The van der Waals surface area contributed by atoms with Crippen LogP contribution in [0.1, 0.15) is 24.2 Å². The molecule has 1 aliphatic rings. The number of hydrogen-bond acceptors (Lipinski definition) is 6. The monoisotopic (exact) mass is 344 g/mol. The van der Waals surface area contributed by atoms with Crippen LogP contribution in [0.15, 0.2) is 18.3 Å². The van der Waals surface area contributed by atoms with Gasteiger partial charge in [0.1, 0.15) is 0 Å². The molecule has 1 fully saturated rings. The lowest BCUT2D eigenvalue weighted by Crippen LogP contribution is -2.56. The number of ether oxygens (including phenoxy) is 1. The van der Waals surface area contributed by atoms with E-state index in [-0.39, 0.29) is 23.7 Å². The molecule has 132 valence electrons. The maximum absolute atomic E-state index is 11.5.